The van der Waals surface area contributed by atoms with Crippen LogP contribution in [0.15, 0.2) is 249 Å². The monoisotopic (exact) mass is 866 g/mol. The summed E-state index contributed by atoms with van der Waals surface area (Å²) in [7, 11) is 0. The molecule has 0 aliphatic heterocycles. The van der Waals surface area contributed by atoms with Crippen molar-refractivity contribution in [3.8, 4) is 84.4 Å². The quantitative estimate of drug-likeness (QED) is 0.153. The van der Waals surface area contributed by atoms with Crippen LogP contribution in [0.4, 0.5) is 0 Å². The van der Waals surface area contributed by atoms with E-state index in [1.165, 1.54) is 49.7 Å². The van der Waals surface area contributed by atoms with E-state index in [-0.39, 0.29) is 5.92 Å². The summed E-state index contributed by atoms with van der Waals surface area (Å²) in [6.45, 7) is 0. The van der Waals surface area contributed by atoms with E-state index in [1.54, 1.807) is 0 Å². The lowest BCUT2D eigenvalue weighted by atomic mass is 9.88. The Labute approximate surface area is 395 Å². The fourth-order valence-electron chi connectivity index (χ4n) is 10.4. The number of hydrogen-bond donors (Lipinski definition) is 0. The van der Waals surface area contributed by atoms with Crippen molar-refractivity contribution in [1.82, 2.24) is 19.5 Å². The molecule has 13 rings (SSSR count). The number of nitrogens with zero attached hydrogens (tertiary/aromatic N) is 4. The van der Waals surface area contributed by atoms with Gasteiger partial charge in [-0.3, -0.25) is 0 Å². The summed E-state index contributed by atoms with van der Waals surface area (Å²) < 4.78 is 2.53. The third-order valence-corrected chi connectivity index (χ3v) is 13.5. The fraction of sp³-hybridized carbons (Fsp3) is 0.0156. The second kappa shape index (κ2) is 16.5. The van der Waals surface area contributed by atoms with Crippen LogP contribution in [0.25, 0.3) is 106 Å². The van der Waals surface area contributed by atoms with Crippen molar-refractivity contribution >= 4 is 21.8 Å². The average Bonchev–Trinajstić information content (AvgIpc) is 3.93. The van der Waals surface area contributed by atoms with E-state index in [1.807, 2.05) is 36.4 Å². The van der Waals surface area contributed by atoms with Crippen molar-refractivity contribution in [2.24, 2.45) is 0 Å². The number of rotatable bonds is 8. The second-order valence-electron chi connectivity index (χ2n) is 17.5. The summed E-state index contributed by atoms with van der Waals surface area (Å²) >= 11 is 0. The molecule has 0 radical (unpaired) electrons. The van der Waals surface area contributed by atoms with Gasteiger partial charge in [-0.25, -0.2) is 15.0 Å². The van der Waals surface area contributed by atoms with Crippen LogP contribution in [0, 0.1) is 0 Å². The lowest BCUT2D eigenvalue weighted by Crippen LogP contribution is -2.05. The van der Waals surface area contributed by atoms with E-state index in [9.17, 15) is 0 Å². The van der Waals surface area contributed by atoms with E-state index >= 15 is 0 Å². The second-order valence-corrected chi connectivity index (χ2v) is 17.5. The van der Waals surface area contributed by atoms with Crippen molar-refractivity contribution in [2.75, 3.05) is 0 Å². The molecular formula is C64H42N4. The van der Waals surface area contributed by atoms with E-state index in [4.69, 9.17) is 15.0 Å². The van der Waals surface area contributed by atoms with Gasteiger partial charge >= 0.3 is 0 Å². The van der Waals surface area contributed by atoms with Gasteiger partial charge in [-0.1, -0.05) is 218 Å². The summed E-state index contributed by atoms with van der Waals surface area (Å²) in [6.07, 6.45) is 0. The van der Waals surface area contributed by atoms with Gasteiger partial charge in [0, 0.05) is 44.5 Å². The molecule has 0 atom stereocenters. The molecule has 12 aromatic rings. The Bertz CT molecular complexity index is 3660. The molecule has 2 aromatic heterocycles. The molecule has 10 aromatic carbocycles. The van der Waals surface area contributed by atoms with Crippen LogP contribution >= 0.6 is 0 Å². The van der Waals surface area contributed by atoms with Crippen LogP contribution in [0.3, 0.4) is 0 Å². The molecular weight excluding hydrogens is 825 g/mol. The van der Waals surface area contributed by atoms with Gasteiger partial charge in [-0.15, -0.1) is 0 Å². The Hall–Kier alpha value is -8.99. The maximum Gasteiger partial charge on any atom is 0.164 e. The van der Waals surface area contributed by atoms with Crippen LogP contribution in [-0.4, -0.2) is 19.5 Å². The highest BCUT2D eigenvalue weighted by Gasteiger charge is 2.31. The zero-order chi connectivity index (χ0) is 45.0. The Morgan fingerprint density at radius 2 is 0.721 bits per heavy atom. The van der Waals surface area contributed by atoms with E-state index in [0.29, 0.717) is 17.5 Å². The minimum absolute atomic E-state index is 0.0872. The molecule has 0 saturated heterocycles. The minimum Gasteiger partial charge on any atom is -0.308 e. The molecule has 1 aliphatic carbocycles. The van der Waals surface area contributed by atoms with Gasteiger partial charge in [0.25, 0.3) is 0 Å². The molecule has 0 N–H and O–H groups in total. The Morgan fingerprint density at radius 1 is 0.279 bits per heavy atom. The predicted molar refractivity (Wildman–Crippen MR) is 280 cm³/mol. The van der Waals surface area contributed by atoms with Crippen LogP contribution in [0.5, 0.6) is 0 Å². The SMILES string of the molecule is c1ccc(-c2ccc3c(c2)c2ccc(C4c5ccccc5-c5ccccc54)cc2n3-c2c(-c3ccccc3)cc(-c3nc(-c4ccccc4)nc(-c4ccccc4)n3)cc2-c2ccccc2)cc1. The minimum atomic E-state index is 0.0872. The third-order valence-electron chi connectivity index (χ3n) is 13.5. The fourth-order valence-corrected chi connectivity index (χ4v) is 10.4. The topological polar surface area (TPSA) is 43.6 Å². The smallest absolute Gasteiger partial charge is 0.164 e. The molecule has 2 heterocycles. The zero-order valence-corrected chi connectivity index (χ0v) is 37.0. The Morgan fingerprint density at radius 3 is 1.24 bits per heavy atom. The van der Waals surface area contributed by atoms with Gasteiger partial charge in [0.05, 0.1) is 16.7 Å². The molecule has 1 aliphatic rings. The molecule has 0 saturated carbocycles. The zero-order valence-electron chi connectivity index (χ0n) is 37.0. The van der Waals surface area contributed by atoms with Crippen LogP contribution in [-0.2, 0) is 0 Å². The average molecular weight is 867 g/mol. The summed E-state index contributed by atoms with van der Waals surface area (Å²) in [5, 5.41) is 2.39. The first-order chi connectivity index (χ1) is 33.7. The normalized spacial score (nSPS) is 12.1. The first-order valence-corrected chi connectivity index (χ1v) is 23.2. The summed E-state index contributed by atoms with van der Waals surface area (Å²) in [5.41, 5.74) is 19.3. The van der Waals surface area contributed by atoms with Gasteiger partial charge in [0.15, 0.2) is 17.5 Å². The van der Waals surface area contributed by atoms with E-state index < -0.39 is 0 Å². The number of fused-ring (bicyclic) bond motifs is 6. The molecule has 318 valence electrons. The highest BCUT2D eigenvalue weighted by Crippen LogP contribution is 2.50. The molecule has 4 heteroatoms. The van der Waals surface area contributed by atoms with Crippen molar-refractivity contribution in [3.63, 3.8) is 0 Å². The lowest BCUT2D eigenvalue weighted by Gasteiger charge is -2.22. The first-order valence-electron chi connectivity index (χ1n) is 23.2. The molecule has 0 bridgehead atoms. The highest BCUT2D eigenvalue weighted by atomic mass is 15.0. The van der Waals surface area contributed by atoms with E-state index in [2.05, 4.69) is 217 Å². The van der Waals surface area contributed by atoms with Crippen LogP contribution in [0.1, 0.15) is 22.6 Å². The number of hydrogen-bond acceptors (Lipinski definition) is 3. The van der Waals surface area contributed by atoms with Crippen molar-refractivity contribution in [3.05, 3.63) is 265 Å². The predicted octanol–water partition coefficient (Wildman–Crippen LogP) is 16.1. The van der Waals surface area contributed by atoms with Crippen molar-refractivity contribution in [2.45, 2.75) is 5.92 Å². The van der Waals surface area contributed by atoms with E-state index in [0.717, 1.165) is 55.7 Å². The molecule has 0 amide bonds. The van der Waals surface area contributed by atoms with Gasteiger partial charge in [0.2, 0.25) is 0 Å². The lowest BCUT2D eigenvalue weighted by molar-refractivity contribution is 1.02. The molecule has 68 heavy (non-hydrogen) atoms. The maximum absolute atomic E-state index is 5.26. The summed E-state index contributed by atoms with van der Waals surface area (Å²) in [4.78, 5) is 15.6. The van der Waals surface area contributed by atoms with Crippen LogP contribution < -0.4 is 0 Å². The number of aromatic nitrogens is 4. The molecule has 0 unspecified atom stereocenters. The first kappa shape index (κ1) is 39.4. The van der Waals surface area contributed by atoms with Gasteiger partial charge in [-0.2, -0.15) is 0 Å². The summed E-state index contributed by atoms with van der Waals surface area (Å²) in [6, 6.07) is 89.2. The van der Waals surface area contributed by atoms with Gasteiger partial charge < -0.3 is 4.57 Å². The molecule has 4 nitrogen and oxygen atoms in total. The highest BCUT2D eigenvalue weighted by molar-refractivity contribution is 6.12. The maximum atomic E-state index is 5.26. The van der Waals surface area contributed by atoms with Crippen molar-refractivity contribution in [1.29, 1.82) is 0 Å². The van der Waals surface area contributed by atoms with Gasteiger partial charge in [-0.05, 0) is 80.4 Å². The Kier molecular flexibility index (Phi) is 9.54. The van der Waals surface area contributed by atoms with Crippen LogP contribution in [0.2, 0.25) is 0 Å². The third kappa shape index (κ3) is 6.73. The largest absolute Gasteiger partial charge is 0.308 e. The van der Waals surface area contributed by atoms with Gasteiger partial charge in [0.1, 0.15) is 0 Å². The standard InChI is InChI=1S/C64H42N4/c1-6-20-42(21-7-1)47-35-37-58-57(38-47)52-36-34-48(60-53-32-18-16-30-50(53)51-31-17-19-33-54(51)60)41-59(52)68(58)61-55(43-22-8-2-9-23-43)39-49(40-56(61)44-24-10-3-11-25-44)64-66-62(45-26-12-4-13-27-45)65-63(67-64)46-28-14-5-15-29-46/h1-41,60H. The van der Waals surface area contributed by atoms with Crippen molar-refractivity contribution < 1.29 is 0 Å². The summed E-state index contributed by atoms with van der Waals surface area (Å²) in [5.74, 6) is 1.94. The molecule has 0 spiro atoms. The Balaban J connectivity index is 1.13. The number of benzene rings is 10. The molecule has 0 fully saturated rings.